The number of hydrogen-bond donors (Lipinski definition) is 0. The van der Waals surface area contributed by atoms with Crippen LogP contribution in [0.3, 0.4) is 0 Å². The number of amides is 1. The number of aromatic nitrogens is 2. The molecule has 1 spiro atoms. The second-order valence-electron chi connectivity index (χ2n) is 10.5. The summed E-state index contributed by atoms with van der Waals surface area (Å²) in [6.07, 6.45) is 11.4. The number of rotatable bonds is 3. The van der Waals surface area contributed by atoms with Gasteiger partial charge in [-0.15, -0.1) is 0 Å². The standard InChI is InChI=1S/C27H38N4O2/c1-29-24(11-15-28-29)26(32)31-16-13-27(14-17-31)12-5-4-7-23-6-2-3-8-25(23)33-19-18-30(21-27)20-22-9-10-22/h2-3,6,8,11,15,22H,4-5,7,9-10,12-14,16-21H2,1H3. The van der Waals surface area contributed by atoms with Gasteiger partial charge in [-0.3, -0.25) is 14.4 Å². The first kappa shape index (κ1) is 22.5. The highest BCUT2D eigenvalue weighted by molar-refractivity contribution is 5.92. The number of carbonyl (C=O) groups is 1. The van der Waals surface area contributed by atoms with Gasteiger partial charge < -0.3 is 9.64 Å². The van der Waals surface area contributed by atoms with Crippen LogP contribution in [0.4, 0.5) is 0 Å². The van der Waals surface area contributed by atoms with Crippen molar-refractivity contribution in [3.8, 4) is 5.75 Å². The van der Waals surface area contributed by atoms with Crippen molar-refractivity contribution in [3.63, 3.8) is 0 Å². The Morgan fingerprint density at radius 3 is 2.67 bits per heavy atom. The normalized spacial score (nSPS) is 22.2. The number of nitrogens with zero attached hydrogens (tertiary/aromatic N) is 4. The molecule has 0 atom stereocenters. The minimum Gasteiger partial charge on any atom is -0.492 e. The number of benzene rings is 1. The molecule has 2 aromatic rings. The van der Waals surface area contributed by atoms with Gasteiger partial charge in [0.2, 0.25) is 0 Å². The van der Waals surface area contributed by atoms with Gasteiger partial charge in [0, 0.05) is 46.0 Å². The summed E-state index contributed by atoms with van der Waals surface area (Å²) in [4.78, 5) is 17.8. The number of fused-ring (bicyclic) bond motifs is 1. The largest absolute Gasteiger partial charge is 0.492 e. The van der Waals surface area contributed by atoms with Gasteiger partial charge in [0.05, 0.1) is 0 Å². The molecule has 2 aliphatic heterocycles. The topological polar surface area (TPSA) is 50.6 Å². The maximum absolute atomic E-state index is 13.0. The molecule has 0 N–H and O–H groups in total. The molecule has 6 nitrogen and oxygen atoms in total. The lowest BCUT2D eigenvalue weighted by Crippen LogP contribution is -2.49. The molecule has 5 rings (SSSR count). The van der Waals surface area contributed by atoms with E-state index in [-0.39, 0.29) is 5.91 Å². The van der Waals surface area contributed by atoms with Crippen molar-refractivity contribution in [1.82, 2.24) is 19.6 Å². The van der Waals surface area contributed by atoms with E-state index in [1.165, 1.54) is 44.2 Å². The molecule has 1 saturated heterocycles. The molecule has 33 heavy (non-hydrogen) atoms. The highest BCUT2D eigenvalue weighted by atomic mass is 16.5. The number of likely N-dealkylation sites (tertiary alicyclic amines) is 1. The molecular weight excluding hydrogens is 412 g/mol. The molecule has 3 aliphatic rings. The Labute approximate surface area is 197 Å². The predicted molar refractivity (Wildman–Crippen MR) is 129 cm³/mol. The summed E-state index contributed by atoms with van der Waals surface area (Å²) in [5.41, 5.74) is 2.34. The maximum Gasteiger partial charge on any atom is 0.272 e. The van der Waals surface area contributed by atoms with Crippen LogP contribution in [0.25, 0.3) is 0 Å². The van der Waals surface area contributed by atoms with Crippen LogP contribution in [0, 0.1) is 11.3 Å². The molecular formula is C27H38N4O2. The first-order valence-electron chi connectivity index (χ1n) is 12.8. The number of hydrogen-bond acceptors (Lipinski definition) is 4. The molecule has 3 heterocycles. The van der Waals surface area contributed by atoms with Crippen molar-refractivity contribution >= 4 is 5.91 Å². The highest BCUT2D eigenvalue weighted by Gasteiger charge is 2.38. The van der Waals surface area contributed by atoms with E-state index in [4.69, 9.17) is 4.74 Å². The third-order valence-electron chi connectivity index (χ3n) is 7.96. The first-order valence-corrected chi connectivity index (χ1v) is 12.8. The molecule has 0 unspecified atom stereocenters. The lowest BCUT2D eigenvalue weighted by Gasteiger charge is -2.45. The minimum atomic E-state index is 0.123. The predicted octanol–water partition coefficient (Wildman–Crippen LogP) is 4.16. The van der Waals surface area contributed by atoms with Crippen LogP contribution in [0.2, 0.25) is 0 Å². The summed E-state index contributed by atoms with van der Waals surface area (Å²) in [5.74, 6) is 2.06. The minimum absolute atomic E-state index is 0.123. The fraction of sp³-hybridized carbons (Fsp3) is 0.630. The zero-order valence-electron chi connectivity index (χ0n) is 20.0. The van der Waals surface area contributed by atoms with Crippen LogP contribution in [0.1, 0.15) is 61.0 Å². The number of aryl methyl sites for hydroxylation is 2. The summed E-state index contributed by atoms with van der Waals surface area (Å²) >= 11 is 0. The van der Waals surface area contributed by atoms with Gasteiger partial charge >= 0.3 is 0 Å². The SMILES string of the molecule is Cn1nccc1C(=O)N1CCC2(CCCCc3ccccc3OCCN(CC3CC3)C2)CC1. The zero-order chi connectivity index (χ0) is 22.7. The fourth-order valence-corrected chi connectivity index (χ4v) is 5.74. The Bertz CT molecular complexity index is 943. The van der Waals surface area contributed by atoms with Crippen LogP contribution in [0.15, 0.2) is 36.5 Å². The van der Waals surface area contributed by atoms with Gasteiger partial charge in [-0.2, -0.15) is 5.10 Å². The number of carbonyl (C=O) groups excluding carboxylic acids is 1. The average molecular weight is 451 g/mol. The Morgan fingerprint density at radius 1 is 1.09 bits per heavy atom. The summed E-state index contributed by atoms with van der Waals surface area (Å²) in [7, 11) is 1.85. The number of para-hydroxylation sites is 1. The molecule has 1 aromatic heterocycles. The van der Waals surface area contributed by atoms with Crippen molar-refractivity contribution < 1.29 is 9.53 Å². The highest BCUT2D eigenvalue weighted by Crippen LogP contribution is 2.40. The van der Waals surface area contributed by atoms with Crippen molar-refractivity contribution in [3.05, 3.63) is 47.8 Å². The van der Waals surface area contributed by atoms with E-state index in [2.05, 4.69) is 34.3 Å². The second-order valence-corrected chi connectivity index (χ2v) is 10.5. The number of ether oxygens (including phenoxy) is 1. The van der Waals surface area contributed by atoms with Crippen molar-refractivity contribution in [2.45, 2.75) is 51.4 Å². The zero-order valence-corrected chi connectivity index (χ0v) is 20.0. The van der Waals surface area contributed by atoms with Crippen LogP contribution in [-0.4, -0.2) is 64.8 Å². The molecule has 1 aliphatic carbocycles. The van der Waals surface area contributed by atoms with Gasteiger partial charge in [0.25, 0.3) is 5.91 Å². The molecule has 1 amide bonds. The van der Waals surface area contributed by atoms with Crippen molar-refractivity contribution in [2.24, 2.45) is 18.4 Å². The Balaban J connectivity index is 1.28. The van der Waals surface area contributed by atoms with Crippen LogP contribution in [-0.2, 0) is 13.5 Å². The smallest absolute Gasteiger partial charge is 0.272 e. The quantitative estimate of drug-likeness (QED) is 0.705. The van der Waals surface area contributed by atoms with Crippen LogP contribution in [0.5, 0.6) is 5.75 Å². The Hall–Kier alpha value is -2.34. The van der Waals surface area contributed by atoms with E-state index in [0.29, 0.717) is 11.1 Å². The van der Waals surface area contributed by atoms with Crippen molar-refractivity contribution in [1.29, 1.82) is 0 Å². The maximum atomic E-state index is 13.0. The molecule has 178 valence electrons. The van der Waals surface area contributed by atoms with Crippen LogP contribution >= 0.6 is 0 Å². The van der Waals surface area contributed by atoms with E-state index >= 15 is 0 Å². The Kier molecular flexibility index (Phi) is 6.72. The average Bonchev–Trinajstić information content (AvgIpc) is 3.53. The van der Waals surface area contributed by atoms with E-state index in [9.17, 15) is 4.79 Å². The lowest BCUT2D eigenvalue weighted by molar-refractivity contribution is 0.0362. The molecule has 0 radical (unpaired) electrons. The number of piperidine rings is 1. The first-order chi connectivity index (χ1) is 16.1. The third-order valence-corrected chi connectivity index (χ3v) is 7.96. The molecule has 1 saturated carbocycles. The van der Waals surface area contributed by atoms with Gasteiger partial charge in [-0.05, 0) is 74.0 Å². The van der Waals surface area contributed by atoms with Crippen LogP contribution < -0.4 is 4.74 Å². The van der Waals surface area contributed by atoms with Gasteiger partial charge in [-0.25, -0.2) is 0 Å². The molecule has 1 aromatic carbocycles. The fourth-order valence-electron chi connectivity index (χ4n) is 5.74. The van der Waals surface area contributed by atoms with Gasteiger partial charge in [0.15, 0.2) is 0 Å². The van der Waals surface area contributed by atoms with E-state index in [0.717, 1.165) is 63.7 Å². The van der Waals surface area contributed by atoms with E-state index < -0.39 is 0 Å². The second kappa shape index (κ2) is 9.88. The lowest BCUT2D eigenvalue weighted by atomic mass is 9.73. The molecule has 0 bridgehead atoms. The molecule has 2 fully saturated rings. The van der Waals surface area contributed by atoms with E-state index in [1.807, 2.05) is 18.0 Å². The monoisotopic (exact) mass is 450 g/mol. The van der Waals surface area contributed by atoms with Crippen molar-refractivity contribution in [2.75, 3.05) is 39.3 Å². The van der Waals surface area contributed by atoms with Gasteiger partial charge in [0.1, 0.15) is 18.1 Å². The molecule has 6 heteroatoms. The van der Waals surface area contributed by atoms with Gasteiger partial charge in [-0.1, -0.05) is 24.6 Å². The van der Waals surface area contributed by atoms with E-state index in [1.54, 1.807) is 10.9 Å². The summed E-state index contributed by atoms with van der Waals surface area (Å²) in [6.45, 7) is 5.78. The summed E-state index contributed by atoms with van der Waals surface area (Å²) in [5, 5.41) is 4.18. The summed E-state index contributed by atoms with van der Waals surface area (Å²) in [6, 6.07) is 10.4. The third kappa shape index (κ3) is 5.43. The Morgan fingerprint density at radius 2 is 1.91 bits per heavy atom. The summed E-state index contributed by atoms with van der Waals surface area (Å²) < 4.78 is 7.96.